The van der Waals surface area contributed by atoms with E-state index in [2.05, 4.69) is 4.90 Å². The second-order valence-electron chi connectivity index (χ2n) is 6.43. The molecule has 6 heteroatoms. The molecule has 3 nitrogen and oxygen atoms in total. The maximum atomic E-state index is 12.8. The highest BCUT2D eigenvalue weighted by atomic mass is 19.4. The van der Waals surface area contributed by atoms with Crippen molar-refractivity contribution in [3.63, 3.8) is 0 Å². The molecule has 1 saturated heterocycles. The van der Waals surface area contributed by atoms with Crippen molar-refractivity contribution in [3.8, 4) is 0 Å². The van der Waals surface area contributed by atoms with Gasteiger partial charge in [0, 0.05) is 33.4 Å². The Hall–Kier alpha value is -1.11. The maximum Gasteiger partial charge on any atom is 0.416 e. The van der Waals surface area contributed by atoms with Crippen molar-refractivity contribution in [2.24, 2.45) is 5.92 Å². The summed E-state index contributed by atoms with van der Waals surface area (Å²) < 4.78 is 43.4. The monoisotopic (exact) mass is 331 g/mol. The molecule has 1 aromatic carbocycles. The first-order chi connectivity index (χ1) is 10.7. The van der Waals surface area contributed by atoms with E-state index in [1.54, 1.807) is 13.2 Å². The van der Waals surface area contributed by atoms with Gasteiger partial charge in [-0.15, -0.1) is 0 Å². The van der Waals surface area contributed by atoms with Crippen molar-refractivity contribution < 1.29 is 23.0 Å². The summed E-state index contributed by atoms with van der Waals surface area (Å²) in [5.41, 5.74) is -0.716. The molecule has 0 radical (unpaired) electrons. The van der Waals surface area contributed by atoms with E-state index in [9.17, 15) is 18.3 Å². The molecular weight excluding hydrogens is 307 g/mol. The first-order valence-electron chi connectivity index (χ1n) is 7.84. The number of methoxy groups -OCH3 is 1. The third-order valence-corrected chi connectivity index (χ3v) is 4.71. The Morgan fingerprint density at radius 2 is 2.13 bits per heavy atom. The highest BCUT2D eigenvalue weighted by Gasteiger charge is 2.38. The summed E-state index contributed by atoms with van der Waals surface area (Å²) in [4.78, 5) is 2.10. The minimum atomic E-state index is -4.31. The lowest BCUT2D eigenvalue weighted by Gasteiger charge is -2.43. The van der Waals surface area contributed by atoms with Crippen LogP contribution in [0.4, 0.5) is 13.2 Å². The van der Waals surface area contributed by atoms with Gasteiger partial charge in [0.1, 0.15) is 0 Å². The lowest BCUT2D eigenvalue weighted by molar-refractivity contribution is -0.137. The van der Waals surface area contributed by atoms with Crippen LogP contribution in [-0.2, 0) is 17.5 Å². The standard InChI is InChI=1S/C17H24F3NO2/c1-13-11-21(8-6-16(13,22)7-9-23-2)12-14-4-3-5-15(10-14)17(18,19)20/h3-5,10,13,22H,6-9,11-12H2,1-2H3/t13-,16-/m1/s1. The summed E-state index contributed by atoms with van der Waals surface area (Å²) in [6, 6.07) is 5.45. The smallest absolute Gasteiger partial charge is 0.389 e. The van der Waals surface area contributed by atoms with E-state index < -0.39 is 17.3 Å². The van der Waals surface area contributed by atoms with Crippen molar-refractivity contribution >= 4 is 0 Å². The fraction of sp³-hybridized carbons (Fsp3) is 0.647. The van der Waals surface area contributed by atoms with Crippen molar-refractivity contribution in [2.75, 3.05) is 26.8 Å². The molecule has 0 aliphatic carbocycles. The first-order valence-corrected chi connectivity index (χ1v) is 7.84. The molecule has 1 heterocycles. The summed E-state index contributed by atoms with van der Waals surface area (Å²) >= 11 is 0. The number of alkyl halides is 3. The molecule has 0 aromatic heterocycles. The summed E-state index contributed by atoms with van der Waals surface area (Å²) in [6.45, 7) is 4.29. The van der Waals surface area contributed by atoms with Gasteiger partial charge < -0.3 is 9.84 Å². The van der Waals surface area contributed by atoms with E-state index in [0.717, 1.165) is 6.07 Å². The highest BCUT2D eigenvalue weighted by Crippen LogP contribution is 2.33. The van der Waals surface area contributed by atoms with Gasteiger partial charge in [0.25, 0.3) is 0 Å². The predicted molar refractivity (Wildman–Crippen MR) is 81.9 cm³/mol. The fourth-order valence-corrected chi connectivity index (χ4v) is 3.14. The third-order valence-electron chi connectivity index (χ3n) is 4.71. The van der Waals surface area contributed by atoms with Gasteiger partial charge in [0.15, 0.2) is 0 Å². The topological polar surface area (TPSA) is 32.7 Å². The molecule has 1 N–H and O–H groups in total. The van der Waals surface area contributed by atoms with E-state index in [1.165, 1.54) is 12.1 Å². The number of hydrogen-bond donors (Lipinski definition) is 1. The number of hydrogen-bond acceptors (Lipinski definition) is 3. The lowest BCUT2D eigenvalue weighted by Crippen LogP contribution is -2.51. The lowest BCUT2D eigenvalue weighted by atomic mass is 9.80. The summed E-state index contributed by atoms with van der Waals surface area (Å²) in [5.74, 6) is 0.0530. The van der Waals surface area contributed by atoms with E-state index in [0.29, 0.717) is 44.6 Å². The van der Waals surface area contributed by atoms with Gasteiger partial charge in [0.05, 0.1) is 11.2 Å². The molecule has 0 spiro atoms. The van der Waals surface area contributed by atoms with E-state index in [4.69, 9.17) is 4.74 Å². The molecule has 1 aliphatic heterocycles. The molecule has 130 valence electrons. The SMILES string of the molecule is COCC[C@]1(O)CCN(Cc2cccc(C(F)(F)F)c2)C[C@H]1C. The second-order valence-corrected chi connectivity index (χ2v) is 6.43. The number of rotatable bonds is 5. The number of ether oxygens (including phenoxy) is 1. The molecule has 0 unspecified atom stereocenters. The number of aliphatic hydroxyl groups is 1. The van der Waals surface area contributed by atoms with E-state index >= 15 is 0 Å². The molecule has 1 aliphatic rings. The maximum absolute atomic E-state index is 12.8. The van der Waals surface area contributed by atoms with Crippen LogP contribution in [0.25, 0.3) is 0 Å². The zero-order chi connectivity index (χ0) is 17.1. The zero-order valence-electron chi connectivity index (χ0n) is 13.6. The predicted octanol–water partition coefficient (Wildman–Crippen LogP) is 3.31. The Morgan fingerprint density at radius 3 is 2.74 bits per heavy atom. The molecule has 2 rings (SSSR count). The van der Waals surface area contributed by atoms with Gasteiger partial charge in [-0.05, 0) is 30.4 Å². The molecule has 1 fully saturated rings. The van der Waals surface area contributed by atoms with Crippen LogP contribution in [0.3, 0.4) is 0 Å². The van der Waals surface area contributed by atoms with Gasteiger partial charge in [-0.3, -0.25) is 4.90 Å². The van der Waals surface area contributed by atoms with Crippen LogP contribution in [0.1, 0.15) is 30.9 Å². The minimum absolute atomic E-state index is 0.0530. The van der Waals surface area contributed by atoms with Crippen LogP contribution in [-0.4, -0.2) is 42.4 Å². The average Bonchev–Trinajstić information content (AvgIpc) is 2.49. The molecular formula is C17H24F3NO2. The molecule has 0 saturated carbocycles. The summed E-state index contributed by atoms with van der Waals surface area (Å²) in [6.07, 6.45) is -3.12. The normalized spacial score (nSPS) is 26.4. The first kappa shape index (κ1) is 18.2. The quantitative estimate of drug-likeness (QED) is 0.898. The second kappa shape index (κ2) is 7.20. The number of nitrogens with zero attached hydrogens (tertiary/aromatic N) is 1. The number of halogens is 3. The number of piperidine rings is 1. The fourth-order valence-electron chi connectivity index (χ4n) is 3.14. The highest BCUT2D eigenvalue weighted by molar-refractivity contribution is 5.25. The van der Waals surface area contributed by atoms with Crippen molar-refractivity contribution in [1.29, 1.82) is 0 Å². The van der Waals surface area contributed by atoms with Crippen LogP contribution >= 0.6 is 0 Å². The van der Waals surface area contributed by atoms with Gasteiger partial charge in [-0.25, -0.2) is 0 Å². The Labute approximate surface area is 135 Å². The van der Waals surface area contributed by atoms with Crippen LogP contribution in [0.2, 0.25) is 0 Å². The van der Waals surface area contributed by atoms with Crippen LogP contribution in [0.5, 0.6) is 0 Å². The van der Waals surface area contributed by atoms with Gasteiger partial charge in [-0.1, -0.05) is 25.1 Å². The minimum Gasteiger partial charge on any atom is -0.389 e. The van der Waals surface area contributed by atoms with Crippen LogP contribution < -0.4 is 0 Å². The molecule has 0 bridgehead atoms. The van der Waals surface area contributed by atoms with Crippen LogP contribution in [0, 0.1) is 5.92 Å². The zero-order valence-corrected chi connectivity index (χ0v) is 13.6. The van der Waals surface area contributed by atoms with Crippen molar-refractivity contribution in [3.05, 3.63) is 35.4 Å². The largest absolute Gasteiger partial charge is 0.416 e. The Kier molecular flexibility index (Phi) is 5.70. The van der Waals surface area contributed by atoms with Crippen molar-refractivity contribution in [1.82, 2.24) is 4.90 Å². The molecule has 1 aromatic rings. The summed E-state index contributed by atoms with van der Waals surface area (Å²) in [7, 11) is 1.61. The summed E-state index contributed by atoms with van der Waals surface area (Å²) in [5, 5.41) is 10.7. The average molecular weight is 331 g/mol. The van der Waals surface area contributed by atoms with E-state index in [-0.39, 0.29) is 5.92 Å². The Morgan fingerprint density at radius 1 is 1.39 bits per heavy atom. The van der Waals surface area contributed by atoms with E-state index in [1.807, 2.05) is 6.92 Å². The van der Waals surface area contributed by atoms with Gasteiger partial charge in [-0.2, -0.15) is 13.2 Å². The Balaban J connectivity index is 1.98. The van der Waals surface area contributed by atoms with Crippen molar-refractivity contribution in [2.45, 2.75) is 38.1 Å². The molecule has 0 amide bonds. The number of benzene rings is 1. The van der Waals surface area contributed by atoms with Gasteiger partial charge >= 0.3 is 6.18 Å². The molecule has 23 heavy (non-hydrogen) atoms. The number of likely N-dealkylation sites (tertiary alicyclic amines) is 1. The van der Waals surface area contributed by atoms with Crippen LogP contribution in [0.15, 0.2) is 24.3 Å². The third kappa shape index (κ3) is 4.68. The van der Waals surface area contributed by atoms with Gasteiger partial charge in [0.2, 0.25) is 0 Å². The molecule has 2 atom stereocenters. The Bertz CT molecular complexity index is 521.